The summed E-state index contributed by atoms with van der Waals surface area (Å²) in [7, 11) is 0. The molecule has 1 aliphatic heterocycles. The maximum atomic E-state index is 5.55. The second-order valence-corrected chi connectivity index (χ2v) is 6.07. The quantitative estimate of drug-likeness (QED) is 0.854. The molecule has 1 aliphatic carbocycles. The van der Waals surface area contributed by atoms with Crippen molar-refractivity contribution in [3.8, 4) is 5.75 Å². The highest BCUT2D eigenvalue weighted by atomic mass is 16.5. The smallest absolute Gasteiger partial charge is 0.122 e. The van der Waals surface area contributed by atoms with Crippen molar-refractivity contribution in [3.63, 3.8) is 0 Å². The van der Waals surface area contributed by atoms with Gasteiger partial charge in [-0.15, -0.1) is 0 Å². The summed E-state index contributed by atoms with van der Waals surface area (Å²) in [6, 6.07) is 7.18. The maximum absolute atomic E-state index is 5.55. The molecule has 1 heterocycles. The van der Waals surface area contributed by atoms with Crippen LogP contribution in [0.2, 0.25) is 0 Å². The van der Waals surface area contributed by atoms with Crippen molar-refractivity contribution in [1.29, 1.82) is 0 Å². The van der Waals surface area contributed by atoms with Crippen LogP contribution in [0.1, 0.15) is 38.7 Å². The third kappa shape index (κ3) is 2.33. The standard InChI is InChI=1S/C16H23NO/c1-11-3-5-15(12(2)9-11)17-14-4-6-16-13(10-14)7-8-18-16/h4,6,10-12,15,17H,3,5,7-9H2,1-2H3. The van der Waals surface area contributed by atoms with Gasteiger partial charge in [0.1, 0.15) is 5.75 Å². The van der Waals surface area contributed by atoms with Crippen LogP contribution in [-0.4, -0.2) is 12.6 Å². The summed E-state index contributed by atoms with van der Waals surface area (Å²) in [6.45, 7) is 5.60. The number of anilines is 1. The zero-order chi connectivity index (χ0) is 12.5. The number of fused-ring (bicyclic) bond motifs is 1. The topological polar surface area (TPSA) is 21.3 Å². The molecular weight excluding hydrogens is 222 g/mol. The molecule has 1 saturated carbocycles. The fourth-order valence-electron chi connectivity index (χ4n) is 3.37. The van der Waals surface area contributed by atoms with Crippen LogP contribution in [0.15, 0.2) is 18.2 Å². The van der Waals surface area contributed by atoms with E-state index in [0.717, 1.165) is 30.6 Å². The van der Waals surface area contributed by atoms with E-state index in [2.05, 4.69) is 37.4 Å². The molecule has 0 spiro atoms. The normalized spacial score (nSPS) is 30.7. The van der Waals surface area contributed by atoms with Gasteiger partial charge in [-0.25, -0.2) is 0 Å². The van der Waals surface area contributed by atoms with Gasteiger partial charge in [-0.05, 0) is 54.9 Å². The van der Waals surface area contributed by atoms with Crippen molar-refractivity contribution in [3.05, 3.63) is 23.8 Å². The molecule has 2 nitrogen and oxygen atoms in total. The lowest BCUT2D eigenvalue weighted by Gasteiger charge is -2.33. The first kappa shape index (κ1) is 11.9. The highest BCUT2D eigenvalue weighted by Crippen LogP contribution is 2.33. The van der Waals surface area contributed by atoms with Crippen molar-refractivity contribution in [2.75, 3.05) is 11.9 Å². The summed E-state index contributed by atoms with van der Waals surface area (Å²) in [4.78, 5) is 0. The first-order valence-electron chi connectivity index (χ1n) is 7.24. The van der Waals surface area contributed by atoms with E-state index in [0.29, 0.717) is 6.04 Å². The highest BCUT2D eigenvalue weighted by Gasteiger charge is 2.25. The molecule has 0 saturated heterocycles. The van der Waals surface area contributed by atoms with Gasteiger partial charge >= 0.3 is 0 Å². The zero-order valence-corrected chi connectivity index (χ0v) is 11.4. The maximum Gasteiger partial charge on any atom is 0.122 e. The minimum absolute atomic E-state index is 0.640. The van der Waals surface area contributed by atoms with Crippen LogP contribution in [0.4, 0.5) is 5.69 Å². The third-order valence-electron chi connectivity index (χ3n) is 4.47. The number of nitrogens with one attached hydrogen (secondary N) is 1. The van der Waals surface area contributed by atoms with Crippen LogP contribution in [0.5, 0.6) is 5.75 Å². The van der Waals surface area contributed by atoms with E-state index in [1.807, 2.05) is 0 Å². The molecule has 2 aliphatic rings. The Labute approximate surface area is 110 Å². The van der Waals surface area contributed by atoms with Crippen molar-refractivity contribution < 1.29 is 4.74 Å². The van der Waals surface area contributed by atoms with Gasteiger partial charge in [0.2, 0.25) is 0 Å². The summed E-state index contributed by atoms with van der Waals surface area (Å²) >= 11 is 0. The Morgan fingerprint density at radius 2 is 2.11 bits per heavy atom. The molecule has 1 fully saturated rings. The van der Waals surface area contributed by atoms with E-state index in [-0.39, 0.29) is 0 Å². The van der Waals surface area contributed by atoms with E-state index in [1.165, 1.54) is 30.5 Å². The van der Waals surface area contributed by atoms with Gasteiger partial charge < -0.3 is 10.1 Å². The van der Waals surface area contributed by atoms with E-state index >= 15 is 0 Å². The van der Waals surface area contributed by atoms with E-state index in [9.17, 15) is 0 Å². The second-order valence-electron chi connectivity index (χ2n) is 6.07. The molecule has 3 unspecified atom stereocenters. The molecule has 0 amide bonds. The molecular formula is C16H23NO. The molecule has 2 heteroatoms. The second kappa shape index (κ2) is 4.83. The summed E-state index contributed by atoms with van der Waals surface area (Å²) in [5.41, 5.74) is 2.63. The lowest BCUT2D eigenvalue weighted by atomic mass is 9.80. The van der Waals surface area contributed by atoms with Crippen molar-refractivity contribution >= 4 is 5.69 Å². The first-order chi connectivity index (χ1) is 8.72. The predicted molar refractivity (Wildman–Crippen MR) is 75.2 cm³/mol. The summed E-state index contributed by atoms with van der Waals surface area (Å²) in [5.74, 6) is 2.75. The average Bonchev–Trinajstić information content (AvgIpc) is 2.80. The summed E-state index contributed by atoms with van der Waals surface area (Å²) in [5, 5.41) is 3.73. The lowest BCUT2D eigenvalue weighted by Crippen LogP contribution is -2.32. The van der Waals surface area contributed by atoms with Gasteiger partial charge in [-0.1, -0.05) is 13.8 Å². The number of rotatable bonds is 2. The Hall–Kier alpha value is -1.18. The molecule has 1 aromatic carbocycles. The SMILES string of the molecule is CC1CCC(Nc2ccc3c(c2)CCO3)C(C)C1. The van der Waals surface area contributed by atoms with E-state index < -0.39 is 0 Å². The number of ether oxygens (including phenoxy) is 1. The van der Waals surface area contributed by atoms with Gasteiger partial charge in [0.15, 0.2) is 0 Å². The number of benzene rings is 1. The Kier molecular flexibility index (Phi) is 3.19. The van der Waals surface area contributed by atoms with Crippen molar-refractivity contribution in [2.24, 2.45) is 11.8 Å². The Bertz CT molecular complexity index is 429. The fourth-order valence-corrected chi connectivity index (χ4v) is 3.37. The highest BCUT2D eigenvalue weighted by molar-refractivity contribution is 5.53. The van der Waals surface area contributed by atoms with Crippen LogP contribution < -0.4 is 10.1 Å². The van der Waals surface area contributed by atoms with Gasteiger partial charge in [0, 0.05) is 18.2 Å². The third-order valence-corrected chi connectivity index (χ3v) is 4.47. The Balaban J connectivity index is 1.69. The lowest BCUT2D eigenvalue weighted by molar-refractivity contribution is 0.276. The monoisotopic (exact) mass is 245 g/mol. The fraction of sp³-hybridized carbons (Fsp3) is 0.625. The molecule has 0 bridgehead atoms. The minimum atomic E-state index is 0.640. The Morgan fingerprint density at radius 1 is 1.22 bits per heavy atom. The predicted octanol–water partition coefficient (Wildman–Crippen LogP) is 3.86. The van der Waals surface area contributed by atoms with Crippen molar-refractivity contribution in [2.45, 2.75) is 45.6 Å². The molecule has 0 aromatic heterocycles. The molecule has 98 valence electrons. The minimum Gasteiger partial charge on any atom is -0.493 e. The molecule has 1 N–H and O–H groups in total. The number of hydrogen-bond donors (Lipinski definition) is 1. The average molecular weight is 245 g/mol. The van der Waals surface area contributed by atoms with Crippen LogP contribution in [0, 0.1) is 11.8 Å². The van der Waals surface area contributed by atoms with Crippen LogP contribution in [0.3, 0.4) is 0 Å². The van der Waals surface area contributed by atoms with E-state index in [4.69, 9.17) is 4.74 Å². The van der Waals surface area contributed by atoms with Gasteiger partial charge in [0.05, 0.1) is 6.61 Å². The van der Waals surface area contributed by atoms with Crippen molar-refractivity contribution in [1.82, 2.24) is 0 Å². The first-order valence-corrected chi connectivity index (χ1v) is 7.24. The largest absolute Gasteiger partial charge is 0.493 e. The molecule has 3 atom stereocenters. The van der Waals surface area contributed by atoms with Crippen LogP contribution in [-0.2, 0) is 6.42 Å². The number of hydrogen-bond acceptors (Lipinski definition) is 2. The van der Waals surface area contributed by atoms with Gasteiger partial charge in [-0.3, -0.25) is 0 Å². The van der Waals surface area contributed by atoms with Crippen LogP contribution in [0.25, 0.3) is 0 Å². The summed E-state index contributed by atoms with van der Waals surface area (Å²) in [6.07, 6.45) is 5.07. The zero-order valence-electron chi connectivity index (χ0n) is 11.4. The molecule has 0 radical (unpaired) electrons. The molecule has 3 rings (SSSR count). The van der Waals surface area contributed by atoms with E-state index in [1.54, 1.807) is 0 Å². The van der Waals surface area contributed by atoms with Crippen LogP contribution >= 0.6 is 0 Å². The molecule has 1 aromatic rings. The molecule has 18 heavy (non-hydrogen) atoms. The van der Waals surface area contributed by atoms with Gasteiger partial charge in [-0.2, -0.15) is 0 Å². The Morgan fingerprint density at radius 3 is 2.94 bits per heavy atom. The summed E-state index contributed by atoms with van der Waals surface area (Å²) < 4.78 is 5.55. The van der Waals surface area contributed by atoms with Gasteiger partial charge in [0.25, 0.3) is 0 Å².